The van der Waals surface area contributed by atoms with E-state index in [0.717, 1.165) is 6.92 Å². The van der Waals surface area contributed by atoms with Gasteiger partial charge in [0.05, 0.1) is 0 Å². The number of carboxylic acids is 1. The average molecular weight is 255 g/mol. The molecule has 0 bridgehead atoms. The zero-order valence-electron chi connectivity index (χ0n) is 5.20. The molecular formula is C2H4Cl3NaO2Zn. The molecule has 0 aromatic carbocycles. The third kappa shape index (κ3) is 164. The van der Waals surface area contributed by atoms with Crippen LogP contribution in [0.1, 0.15) is 6.92 Å². The fourth-order valence-corrected chi connectivity index (χ4v) is 0. The van der Waals surface area contributed by atoms with Crippen LogP contribution in [0.4, 0.5) is 0 Å². The van der Waals surface area contributed by atoms with Crippen molar-refractivity contribution in [1.82, 2.24) is 0 Å². The van der Waals surface area contributed by atoms with E-state index in [1.807, 2.05) is 0 Å². The van der Waals surface area contributed by atoms with Crippen LogP contribution in [0.2, 0.25) is 0 Å². The summed E-state index contributed by atoms with van der Waals surface area (Å²) >= 11 is 0. The first-order chi connectivity index (χ1) is 1.73. The van der Waals surface area contributed by atoms with Crippen LogP contribution in [0.3, 0.4) is 0 Å². The first kappa shape index (κ1) is 44.2. The van der Waals surface area contributed by atoms with Gasteiger partial charge < -0.3 is 42.3 Å². The number of hydrogen-bond acceptors (Lipinski definition) is 1. The zero-order chi connectivity index (χ0) is 3.58. The number of rotatable bonds is 0. The predicted octanol–water partition coefficient (Wildman–Crippen LogP) is -11.9. The second-order valence-electron chi connectivity index (χ2n) is 0.519. The molecule has 0 fully saturated rings. The molecule has 0 aromatic rings. The summed E-state index contributed by atoms with van der Waals surface area (Å²) < 4.78 is 0. The van der Waals surface area contributed by atoms with E-state index in [-0.39, 0.29) is 86.3 Å². The molecule has 0 rings (SSSR count). The molecule has 0 amide bonds. The third-order valence-corrected chi connectivity index (χ3v) is 0. The zero-order valence-corrected chi connectivity index (χ0v) is 12.4. The first-order valence-electron chi connectivity index (χ1n) is 0.928. The van der Waals surface area contributed by atoms with Gasteiger partial charge in [-0.3, -0.25) is 4.79 Å². The molecule has 0 aliphatic rings. The molecule has 0 heterocycles. The van der Waals surface area contributed by atoms with Crippen molar-refractivity contribution < 1.29 is 96.2 Å². The summed E-state index contributed by atoms with van der Waals surface area (Å²) in [5, 5.41) is 7.42. The summed E-state index contributed by atoms with van der Waals surface area (Å²) in [6.45, 7) is 1.08. The molecule has 0 radical (unpaired) electrons. The van der Waals surface area contributed by atoms with Crippen LogP contribution in [0.5, 0.6) is 0 Å². The maximum atomic E-state index is 9.00. The quantitative estimate of drug-likeness (QED) is 0.436. The van der Waals surface area contributed by atoms with Crippen molar-refractivity contribution in [3.05, 3.63) is 0 Å². The van der Waals surface area contributed by atoms with Crippen LogP contribution in [0, 0.1) is 0 Å². The van der Waals surface area contributed by atoms with E-state index >= 15 is 0 Å². The van der Waals surface area contributed by atoms with E-state index in [2.05, 4.69) is 0 Å². The monoisotopic (exact) mass is 252 g/mol. The Morgan fingerprint density at radius 3 is 1.22 bits per heavy atom. The molecule has 0 saturated heterocycles. The Morgan fingerprint density at radius 2 is 1.22 bits per heavy atom. The normalized spacial score (nSPS) is 2.78. The Morgan fingerprint density at radius 1 is 1.22 bits per heavy atom. The van der Waals surface area contributed by atoms with Gasteiger partial charge in [0.2, 0.25) is 0 Å². The van der Waals surface area contributed by atoms with Crippen molar-refractivity contribution >= 4 is 5.97 Å². The van der Waals surface area contributed by atoms with E-state index in [4.69, 9.17) is 9.90 Å². The largest absolute Gasteiger partial charge is 2.00 e. The van der Waals surface area contributed by atoms with E-state index in [1.165, 1.54) is 0 Å². The van der Waals surface area contributed by atoms with Crippen molar-refractivity contribution in [2.75, 3.05) is 0 Å². The topological polar surface area (TPSA) is 37.3 Å². The van der Waals surface area contributed by atoms with Gasteiger partial charge in [-0.2, -0.15) is 0 Å². The molecule has 0 saturated carbocycles. The van der Waals surface area contributed by atoms with Gasteiger partial charge in [-0.25, -0.2) is 0 Å². The fraction of sp³-hybridized carbons (Fsp3) is 0.500. The Bertz CT molecular complexity index is 42.8. The van der Waals surface area contributed by atoms with E-state index in [9.17, 15) is 0 Å². The second-order valence-corrected chi connectivity index (χ2v) is 0.519. The summed E-state index contributed by atoms with van der Waals surface area (Å²) in [7, 11) is 0. The number of carboxylic acid groups (broad SMARTS) is 1. The second kappa shape index (κ2) is 32.5. The smallest absolute Gasteiger partial charge is 1.00 e. The molecule has 9 heavy (non-hydrogen) atoms. The van der Waals surface area contributed by atoms with Crippen LogP contribution in [0.25, 0.3) is 0 Å². The van der Waals surface area contributed by atoms with Gasteiger partial charge >= 0.3 is 49.0 Å². The molecule has 2 nitrogen and oxygen atoms in total. The van der Waals surface area contributed by atoms with Gasteiger partial charge in [-0.05, 0) is 0 Å². The number of halogens is 3. The van der Waals surface area contributed by atoms with Crippen molar-refractivity contribution in [2.24, 2.45) is 0 Å². The van der Waals surface area contributed by atoms with Gasteiger partial charge in [-0.1, -0.05) is 0 Å². The SMILES string of the molecule is CC(=O)O.[Cl-].[Cl-].[Cl-].[Na+].[Zn+2]. The molecule has 0 atom stereocenters. The number of aliphatic carboxylic acids is 1. The maximum Gasteiger partial charge on any atom is 2.00 e. The van der Waals surface area contributed by atoms with E-state index in [0.29, 0.717) is 0 Å². The summed E-state index contributed by atoms with van der Waals surface area (Å²) in [5.41, 5.74) is 0. The third-order valence-electron chi connectivity index (χ3n) is 0. The first-order valence-corrected chi connectivity index (χ1v) is 0.928. The summed E-state index contributed by atoms with van der Waals surface area (Å²) in [4.78, 5) is 9.00. The van der Waals surface area contributed by atoms with Crippen LogP contribution in [0.15, 0.2) is 0 Å². The van der Waals surface area contributed by atoms with Crippen molar-refractivity contribution in [2.45, 2.75) is 6.92 Å². The summed E-state index contributed by atoms with van der Waals surface area (Å²) in [6.07, 6.45) is 0. The van der Waals surface area contributed by atoms with Crippen LogP contribution < -0.4 is 66.8 Å². The van der Waals surface area contributed by atoms with Gasteiger partial charge in [0.15, 0.2) is 0 Å². The average Bonchev–Trinajstić information content (AvgIpc) is 0.811. The molecule has 0 spiro atoms. The Hall–Kier alpha value is 1.96. The van der Waals surface area contributed by atoms with Crippen LogP contribution >= 0.6 is 0 Å². The Labute approximate surface area is 108 Å². The van der Waals surface area contributed by atoms with Crippen molar-refractivity contribution in [3.8, 4) is 0 Å². The van der Waals surface area contributed by atoms with Gasteiger partial charge in [0.1, 0.15) is 0 Å². The Balaban J connectivity index is -0.00000000450. The predicted molar refractivity (Wildman–Crippen MR) is 13.3 cm³/mol. The van der Waals surface area contributed by atoms with Crippen molar-refractivity contribution in [3.63, 3.8) is 0 Å². The summed E-state index contributed by atoms with van der Waals surface area (Å²) in [6, 6.07) is 0. The van der Waals surface area contributed by atoms with Gasteiger partial charge in [0, 0.05) is 6.92 Å². The molecule has 0 aromatic heterocycles. The van der Waals surface area contributed by atoms with Crippen molar-refractivity contribution in [1.29, 1.82) is 0 Å². The fourth-order valence-electron chi connectivity index (χ4n) is 0. The van der Waals surface area contributed by atoms with E-state index in [1.54, 1.807) is 0 Å². The van der Waals surface area contributed by atoms with Gasteiger partial charge in [-0.15, -0.1) is 0 Å². The molecule has 0 unspecified atom stereocenters. The minimum absolute atomic E-state index is 0. The molecule has 48 valence electrons. The minimum atomic E-state index is -0.833. The standard InChI is InChI=1S/C2H4O2.3ClH.Na.Zn/c1-2(3)4;;;;;/h1H3,(H,3,4);3*1H;;/q;;;;+1;+2/p-3. The van der Waals surface area contributed by atoms with E-state index < -0.39 is 5.97 Å². The number of hydrogen-bond donors (Lipinski definition) is 1. The molecule has 0 aliphatic carbocycles. The molecular weight excluding hydrogens is 251 g/mol. The summed E-state index contributed by atoms with van der Waals surface area (Å²) in [5.74, 6) is -0.833. The Kier molecular flexibility index (Phi) is 159. The van der Waals surface area contributed by atoms with Crippen LogP contribution in [-0.2, 0) is 24.3 Å². The van der Waals surface area contributed by atoms with Gasteiger partial charge in [0.25, 0.3) is 5.97 Å². The number of carbonyl (C=O) groups is 1. The molecule has 1 N–H and O–H groups in total. The maximum absolute atomic E-state index is 9.00. The minimum Gasteiger partial charge on any atom is -1.00 e. The van der Waals surface area contributed by atoms with Crippen LogP contribution in [-0.4, -0.2) is 11.1 Å². The molecule has 0 aliphatic heterocycles. The molecule has 7 heteroatoms.